The van der Waals surface area contributed by atoms with E-state index in [9.17, 15) is 28.8 Å². The third-order valence-corrected chi connectivity index (χ3v) is 10.8. The predicted octanol–water partition coefficient (Wildman–Crippen LogP) is 2.55. The zero-order valence-corrected chi connectivity index (χ0v) is 39.2. The molecule has 2 aromatic rings. The Bertz CT molecular complexity index is 1710. The average Bonchev–Trinajstić information content (AvgIpc) is 3.65. The van der Waals surface area contributed by atoms with Gasteiger partial charge in [-0.3, -0.25) is 4.79 Å². The van der Waals surface area contributed by atoms with E-state index in [1.54, 1.807) is 0 Å². The Morgan fingerprint density at radius 1 is 0.562 bits per heavy atom. The smallest absolute Gasteiger partial charge is 0.315 e. The molecule has 362 valence electrons. The minimum absolute atomic E-state index is 0.00446. The number of nitrogens with two attached hydrogens (primary N) is 2. The van der Waals surface area contributed by atoms with Gasteiger partial charge in [0.15, 0.2) is 0 Å². The van der Waals surface area contributed by atoms with Crippen molar-refractivity contribution < 1.29 is 28.8 Å². The summed E-state index contributed by atoms with van der Waals surface area (Å²) in [6.45, 7) is 13.3. The molecule has 2 rings (SSSR count). The number of aromatic nitrogens is 1. The van der Waals surface area contributed by atoms with E-state index in [1.165, 1.54) is 7.05 Å². The van der Waals surface area contributed by atoms with E-state index >= 15 is 0 Å². The van der Waals surface area contributed by atoms with Gasteiger partial charge in [0, 0.05) is 87.0 Å². The summed E-state index contributed by atoms with van der Waals surface area (Å²) in [6, 6.07) is 4.12. The zero-order valence-electron chi connectivity index (χ0n) is 39.2. The fraction of sp³-hybridized carbons (Fsp3) is 0.682. The lowest BCUT2D eigenvalue weighted by Crippen LogP contribution is -2.55. The molecule has 0 unspecified atom stereocenters. The molecule has 0 aliphatic carbocycles. The summed E-state index contributed by atoms with van der Waals surface area (Å²) in [7, 11) is 1.52. The summed E-state index contributed by atoms with van der Waals surface area (Å²) < 4.78 is 0. The number of amides is 11. The van der Waals surface area contributed by atoms with Crippen LogP contribution in [0.5, 0.6) is 0 Å². The van der Waals surface area contributed by atoms with Crippen molar-refractivity contribution >= 4 is 47.0 Å². The molecule has 0 saturated carbocycles. The Balaban J connectivity index is 1.93. The summed E-state index contributed by atoms with van der Waals surface area (Å²) in [5.74, 6) is -0.228. The second kappa shape index (κ2) is 30.6. The van der Waals surface area contributed by atoms with Crippen LogP contribution in [0.4, 0.5) is 24.0 Å². The maximum atomic E-state index is 13.3. The van der Waals surface area contributed by atoms with Gasteiger partial charge in [0.2, 0.25) is 5.91 Å². The lowest BCUT2D eigenvalue weighted by atomic mass is 10.00. The number of H-pyrrole nitrogens is 1. The number of hydrogen-bond donors (Lipinski definition) is 14. The molecule has 1 heterocycles. The van der Waals surface area contributed by atoms with E-state index < -0.39 is 30.2 Å². The van der Waals surface area contributed by atoms with Crippen molar-refractivity contribution in [3.63, 3.8) is 0 Å². The fourth-order valence-electron chi connectivity index (χ4n) is 6.91. The van der Waals surface area contributed by atoms with Gasteiger partial charge in [-0.05, 0) is 88.9 Å². The van der Waals surface area contributed by atoms with E-state index in [-0.39, 0.29) is 86.6 Å². The molecule has 0 spiro atoms. The van der Waals surface area contributed by atoms with Gasteiger partial charge in [-0.2, -0.15) is 0 Å². The van der Waals surface area contributed by atoms with E-state index in [0.717, 1.165) is 42.1 Å². The van der Waals surface area contributed by atoms with Crippen molar-refractivity contribution in [3.8, 4) is 0 Å². The first-order chi connectivity index (χ1) is 30.5. The van der Waals surface area contributed by atoms with Crippen LogP contribution in [0.15, 0.2) is 30.5 Å². The molecule has 20 nitrogen and oxygen atoms in total. The van der Waals surface area contributed by atoms with Crippen molar-refractivity contribution in [1.82, 2.24) is 63.5 Å². The first-order valence-corrected chi connectivity index (χ1v) is 22.9. The minimum atomic E-state index is -0.455. The number of urea groups is 5. The topological polar surface area (TPSA) is 303 Å². The van der Waals surface area contributed by atoms with Gasteiger partial charge in [-0.15, -0.1) is 0 Å². The summed E-state index contributed by atoms with van der Waals surface area (Å²) in [5, 5.41) is 32.6. The maximum Gasteiger partial charge on any atom is 0.315 e. The van der Waals surface area contributed by atoms with Crippen LogP contribution in [0.1, 0.15) is 98.5 Å². The molecule has 1 aromatic heterocycles. The first-order valence-electron chi connectivity index (χ1n) is 22.9. The highest BCUT2D eigenvalue weighted by molar-refractivity contribution is 5.83. The van der Waals surface area contributed by atoms with Gasteiger partial charge >= 0.3 is 30.2 Å². The molecule has 0 bridgehead atoms. The maximum absolute atomic E-state index is 13.3. The highest BCUT2D eigenvalue weighted by atomic mass is 16.2. The number of aromatic amines is 1. The SMILES string of the molecule is CNC(=O)NC[C@H](CCCCN)NC(=O)NC[C@@H](NC(=O)NC[C@H](CCCCN)NC(=O)NC[C@@H](NC(=O)CC[C@H](Cc1c[nH]c2ccccc12)NC(=O)NC(C)C)C(C)C)C(C)C. The Morgan fingerprint density at radius 2 is 1.06 bits per heavy atom. The number of benzene rings is 1. The molecular weight excluding hydrogens is 821 g/mol. The number of carbonyl (C=O) groups excluding carboxylic acids is 6. The molecule has 0 aliphatic heterocycles. The Morgan fingerprint density at radius 3 is 1.59 bits per heavy atom. The van der Waals surface area contributed by atoms with Crippen molar-refractivity contribution in [1.29, 1.82) is 0 Å². The molecule has 5 atom stereocenters. The molecule has 1 aromatic carbocycles. The van der Waals surface area contributed by atoms with Crippen molar-refractivity contribution in [3.05, 3.63) is 36.0 Å². The second-order valence-corrected chi connectivity index (χ2v) is 17.3. The number of fused-ring (bicyclic) bond motifs is 1. The van der Waals surface area contributed by atoms with Gasteiger partial charge < -0.3 is 74.9 Å². The number of hydrogen-bond acceptors (Lipinski definition) is 8. The summed E-state index contributed by atoms with van der Waals surface area (Å²) in [5.41, 5.74) is 13.4. The summed E-state index contributed by atoms with van der Waals surface area (Å²) >= 11 is 0. The van der Waals surface area contributed by atoms with Gasteiger partial charge in [-0.25, -0.2) is 24.0 Å². The lowest BCUT2D eigenvalue weighted by Gasteiger charge is -2.26. The number of para-hydroxylation sites is 1. The zero-order chi connectivity index (χ0) is 47.4. The van der Waals surface area contributed by atoms with Crippen LogP contribution < -0.4 is 70.0 Å². The molecular formula is C44H80N14O6. The van der Waals surface area contributed by atoms with Crippen LogP contribution in [-0.4, -0.2) is 124 Å². The highest BCUT2D eigenvalue weighted by Crippen LogP contribution is 2.20. The van der Waals surface area contributed by atoms with Gasteiger partial charge in [0.1, 0.15) is 0 Å². The molecule has 0 saturated heterocycles. The molecule has 64 heavy (non-hydrogen) atoms. The number of carbonyl (C=O) groups is 6. The van der Waals surface area contributed by atoms with E-state index in [1.807, 2.05) is 72.0 Å². The standard InChI is InChI=1S/C44H80N14O6/c1-28(2)37(57-39(59)19-18-32(54-44(64)53-30(5)6)22-31-23-48-36-17-9-8-16-35(31)36)26-51-41(61)56-34(15-11-13-21-46)25-50-43(63)58-38(29(3)4)27-52-42(62)55-33(14-10-12-20-45)24-49-40(60)47-7/h8-9,16-17,23,28-30,32-34,37-38,48H,10-15,18-22,24-27,45-46H2,1-7H3,(H,57,59)(H2,47,49,60)(H2,50,58,63)(H2,51,56,61)(H2,52,55,62)(H2,53,54,64)/t32-,33+,34+,37-,38-/m1/s1. The second-order valence-electron chi connectivity index (χ2n) is 17.3. The van der Waals surface area contributed by atoms with Crippen LogP contribution in [0.3, 0.4) is 0 Å². The fourth-order valence-corrected chi connectivity index (χ4v) is 6.91. The van der Waals surface area contributed by atoms with Crippen molar-refractivity contribution in [2.75, 3.05) is 46.3 Å². The quantitative estimate of drug-likeness (QED) is 0.0537. The Hall–Kier alpha value is -5.50. The number of nitrogens with one attached hydrogen (secondary N) is 12. The van der Waals surface area contributed by atoms with E-state index in [2.05, 4.69) is 63.5 Å². The van der Waals surface area contributed by atoms with Crippen LogP contribution in [0.25, 0.3) is 10.9 Å². The largest absolute Gasteiger partial charge is 0.361 e. The lowest BCUT2D eigenvalue weighted by molar-refractivity contribution is -0.122. The third kappa shape index (κ3) is 22.7. The van der Waals surface area contributed by atoms with Crippen molar-refractivity contribution in [2.45, 2.75) is 136 Å². The summed E-state index contributed by atoms with van der Waals surface area (Å²) in [4.78, 5) is 80.2. The molecule has 0 aliphatic rings. The molecule has 0 fully saturated rings. The normalized spacial score (nSPS) is 13.6. The molecule has 11 amide bonds. The van der Waals surface area contributed by atoms with Crippen LogP contribution in [0.2, 0.25) is 0 Å². The number of rotatable bonds is 29. The Labute approximate surface area is 379 Å². The molecule has 0 radical (unpaired) electrons. The monoisotopic (exact) mass is 901 g/mol. The van der Waals surface area contributed by atoms with Crippen molar-refractivity contribution in [2.24, 2.45) is 23.3 Å². The van der Waals surface area contributed by atoms with Crippen LogP contribution in [0, 0.1) is 11.8 Å². The average molecular weight is 901 g/mol. The van der Waals surface area contributed by atoms with Gasteiger partial charge in [0.25, 0.3) is 0 Å². The minimum Gasteiger partial charge on any atom is -0.361 e. The third-order valence-electron chi connectivity index (χ3n) is 10.8. The van der Waals surface area contributed by atoms with E-state index in [4.69, 9.17) is 11.5 Å². The van der Waals surface area contributed by atoms with Gasteiger partial charge in [0.05, 0.1) is 6.04 Å². The molecule has 20 heteroatoms. The van der Waals surface area contributed by atoms with Crippen LogP contribution in [-0.2, 0) is 11.2 Å². The highest BCUT2D eigenvalue weighted by Gasteiger charge is 2.23. The van der Waals surface area contributed by atoms with E-state index in [0.29, 0.717) is 38.8 Å². The van der Waals surface area contributed by atoms with Crippen LogP contribution >= 0.6 is 0 Å². The molecule has 16 N–H and O–H groups in total. The Kier molecular flexibility index (Phi) is 26.1. The number of unbranched alkanes of at least 4 members (excludes halogenated alkanes) is 2. The predicted molar refractivity (Wildman–Crippen MR) is 253 cm³/mol. The first kappa shape index (κ1) is 54.6. The summed E-state index contributed by atoms with van der Waals surface area (Å²) in [6.07, 6.45) is 7.27. The van der Waals surface area contributed by atoms with Gasteiger partial charge in [-0.1, -0.05) is 58.7 Å².